The zero-order chi connectivity index (χ0) is 17.9. The van der Waals surface area contributed by atoms with E-state index >= 15 is 0 Å². The highest BCUT2D eigenvalue weighted by molar-refractivity contribution is 5.77. The summed E-state index contributed by atoms with van der Waals surface area (Å²) in [6.07, 6.45) is 2.62. The Morgan fingerprint density at radius 2 is 1.68 bits per heavy atom. The number of nitrogens with zero attached hydrogens (tertiary/aromatic N) is 3. The second-order valence-corrected chi connectivity index (χ2v) is 7.53. The Morgan fingerprint density at radius 1 is 1.00 bits per heavy atom. The Bertz CT molecular complexity index is 364. The largest absolute Gasteiger partial charge is 0.379 e. The Balaban J connectivity index is 1.50. The van der Waals surface area contributed by atoms with Crippen LogP contribution in [0.15, 0.2) is 0 Å². The molecule has 6 nitrogen and oxygen atoms in total. The van der Waals surface area contributed by atoms with Crippen LogP contribution in [0, 0.1) is 5.92 Å². The maximum absolute atomic E-state index is 11.2. The number of piperidine rings is 1. The normalized spacial score (nSPS) is 21.7. The first-order valence-electron chi connectivity index (χ1n) is 10.1. The molecule has 0 atom stereocenters. The maximum atomic E-state index is 11.2. The van der Waals surface area contributed by atoms with E-state index in [1.54, 1.807) is 6.92 Å². The number of rotatable bonds is 11. The van der Waals surface area contributed by atoms with Gasteiger partial charge in [-0.1, -0.05) is 6.92 Å². The Labute approximate surface area is 153 Å². The van der Waals surface area contributed by atoms with Crippen molar-refractivity contribution in [1.29, 1.82) is 0 Å². The van der Waals surface area contributed by atoms with Crippen LogP contribution >= 0.6 is 0 Å². The first kappa shape index (κ1) is 20.8. The molecule has 0 amide bonds. The van der Waals surface area contributed by atoms with E-state index < -0.39 is 0 Å². The molecule has 1 N–H and O–H groups in total. The molecule has 2 rings (SSSR count). The number of ketones is 1. The van der Waals surface area contributed by atoms with Crippen molar-refractivity contribution in [3.8, 4) is 0 Å². The molecular formula is C19H38N4O2. The molecule has 25 heavy (non-hydrogen) atoms. The van der Waals surface area contributed by atoms with Gasteiger partial charge in [0.2, 0.25) is 0 Å². The zero-order valence-electron chi connectivity index (χ0n) is 16.3. The molecule has 0 spiro atoms. The van der Waals surface area contributed by atoms with Gasteiger partial charge in [-0.15, -0.1) is 0 Å². The van der Waals surface area contributed by atoms with Gasteiger partial charge in [-0.2, -0.15) is 0 Å². The minimum absolute atomic E-state index is 0.284. The molecule has 0 unspecified atom stereocenters. The highest BCUT2D eigenvalue weighted by Crippen LogP contribution is 2.19. The fraction of sp³-hybridized carbons (Fsp3) is 0.947. The van der Waals surface area contributed by atoms with E-state index in [0.29, 0.717) is 6.54 Å². The lowest BCUT2D eigenvalue weighted by molar-refractivity contribution is -0.118. The number of likely N-dealkylation sites (tertiary alicyclic amines) is 1. The van der Waals surface area contributed by atoms with Gasteiger partial charge in [-0.05, 0) is 45.3 Å². The SMILES string of the molecule is CCNCCOCCN1CCC(CN2CCN(CC(C)=O)CC2)CC1. The second kappa shape index (κ2) is 12.0. The van der Waals surface area contributed by atoms with Crippen molar-refractivity contribution in [3.05, 3.63) is 0 Å². The lowest BCUT2D eigenvalue weighted by Gasteiger charge is -2.38. The summed E-state index contributed by atoms with van der Waals surface area (Å²) in [5.41, 5.74) is 0. The van der Waals surface area contributed by atoms with E-state index in [2.05, 4.69) is 26.9 Å². The molecule has 6 heteroatoms. The van der Waals surface area contributed by atoms with Crippen molar-refractivity contribution in [2.24, 2.45) is 5.92 Å². The van der Waals surface area contributed by atoms with Crippen LogP contribution in [0.25, 0.3) is 0 Å². The van der Waals surface area contributed by atoms with E-state index in [1.807, 2.05) is 0 Å². The molecule has 0 radical (unpaired) electrons. The van der Waals surface area contributed by atoms with E-state index in [4.69, 9.17) is 4.74 Å². The number of nitrogens with one attached hydrogen (secondary N) is 1. The second-order valence-electron chi connectivity index (χ2n) is 7.53. The molecule has 0 aromatic rings. The van der Waals surface area contributed by atoms with E-state index in [1.165, 1.54) is 32.5 Å². The minimum Gasteiger partial charge on any atom is -0.379 e. The molecule has 2 saturated heterocycles. The fourth-order valence-electron chi connectivity index (χ4n) is 3.82. The van der Waals surface area contributed by atoms with Gasteiger partial charge >= 0.3 is 0 Å². The van der Waals surface area contributed by atoms with Crippen molar-refractivity contribution in [1.82, 2.24) is 20.0 Å². The average Bonchev–Trinajstić information content (AvgIpc) is 2.61. The van der Waals surface area contributed by atoms with Gasteiger partial charge in [-0.25, -0.2) is 0 Å². The van der Waals surface area contributed by atoms with E-state index in [-0.39, 0.29) is 5.78 Å². The van der Waals surface area contributed by atoms with E-state index in [0.717, 1.165) is 64.9 Å². The Morgan fingerprint density at radius 3 is 2.32 bits per heavy atom. The summed E-state index contributed by atoms with van der Waals surface area (Å²) < 4.78 is 5.68. The van der Waals surface area contributed by atoms with Crippen molar-refractivity contribution in [2.75, 3.05) is 85.2 Å². The number of piperazine rings is 1. The van der Waals surface area contributed by atoms with Gasteiger partial charge in [0.05, 0.1) is 19.8 Å². The van der Waals surface area contributed by atoms with Crippen LogP contribution in [0.3, 0.4) is 0 Å². The standard InChI is InChI=1S/C19H38N4O2/c1-3-20-6-14-25-15-13-21-7-4-19(5-8-21)17-23-11-9-22(10-12-23)16-18(2)24/h19-20H,3-17H2,1-2H3. The van der Waals surface area contributed by atoms with Gasteiger partial charge < -0.3 is 19.9 Å². The maximum Gasteiger partial charge on any atom is 0.143 e. The molecule has 0 aliphatic carbocycles. The van der Waals surface area contributed by atoms with Gasteiger partial charge in [0.25, 0.3) is 0 Å². The first-order chi connectivity index (χ1) is 12.2. The highest BCUT2D eigenvalue weighted by atomic mass is 16.5. The van der Waals surface area contributed by atoms with Gasteiger partial charge in [0, 0.05) is 45.8 Å². The number of hydrogen-bond donors (Lipinski definition) is 1. The summed E-state index contributed by atoms with van der Waals surface area (Å²) in [6.45, 7) is 17.1. The summed E-state index contributed by atoms with van der Waals surface area (Å²) in [5, 5.41) is 3.28. The molecule has 2 heterocycles. The molecule has 0 saturated carbocycles. The summed E-state index contributed by atoms with van der Waals surface area (Å²) >= 11 is 0. The first-order valence-corrected chi connectivity index (χ1v) is 10.1. The Hall–Kier alpha value is -0.530. The number of hydrogen-bond acceptors (Lipinski definition) is 6. The third kappa shape index (κ3) is 8.60. The molecule has 0 aromatic heterocycles. The molecular weight excluding hydrogens is 316 g/mol. The predicted octanol–water partition coefficient (Wildman–Crippen LogP) is 0.531. The zero-order valence-corrected chi connectivity index (χ0v) is 16.3. The summed E-state index contributed by atoms with van der Waals surface area (Å²) in [7, 11) is 0. The smallest absolute Gasteiger partial charge is 0.143 e. The molecule has 2 aliphatic rings. The number of likely N-dealkylation sites (N-methyl/N-ethyl adjacent to an activating group) is 1. The average molecular weight is 355 g/mol. The summed E-state index contributed by atoms with van der Waals surface area (Å²) in [6, 6.07) is 0. The predicted molar refractivity (Wildman–Crippen MR) is 102 cm³/mol. The molecule has 2 aliphatic heterocycles. The van der Waals surface area contributed by atoms with Crippen molar-refractivity contribution in [2.45, 2.75) is 26.7 Å². The molecule has 0 aromatic carbocycles. The highest BCUT2D eigenvalue weighted by Gasteiger charge is 2.24. The molecule has 0 bridgehead atoms. The van der Waals surface area contributed by atoms with Crippen LogP contribution < -0.4 is 5.32 Å². The van der Waals surface area contributed by atoms with Gasteiger partial charge in [0.15, 0.2) is 0 Å². The quantitative estimate of drug-likeness (QED) is 0.546. The van der Waals surface area contributed by atoms with Crippen LogP contribution in [0.4, 0.5) is 0 Å². The van der Waals surface area contributed by atoms with Crippen LogP contribution in [0.2, 0.25) is 0 Å². The summed E-state index contributed by atoms with van der Waals surface area (Å²) in [5.74, 6) is 1.12. The molecule has 2 fully saturated rings. The van der Waals surface area contributed by atoms with E-state index in [9.17, 15) is 4.79 Å². The number of Topliss-reactive ketones (excluding diaryl/α,β-unsaturated/α-hetero) is 1. The molecule has 146 valence electrons. The third-order valence-electron chi connectivity index (χ3n) is 5.36. The topological polar surface area (TPSA) is 48.1 Å². The number of carbonyl (C=O) groups is 1. The van der Waals surface area contributed by atoms with Crippen molar-refractivity contribution in [3.63, 3.8) is 0 Å². The van der Waals surface area contributed by atoms with Crippen LogP contribution in [-0.2, 0) is 9.53 Å². The van der Waals surface area contributed by atoms with Crippen LogP contribution in [-0.4, -0.2) is 106 Å². The lowest BCUT2D eigenvalue weighted by Crippen LogP contribution is -2.49. The summed E-state index contributed by atoms with van der Waals surface area (Å²) in [4.78, 5) is 18.6. The third-order valence-corrected chi connectivity index (χ3v) is 5.36. The number of ether oxygens (including phenoxy) is 1. The fourth-order valence-corrected chi connectivity index (χ4v) is 3.82. The van der Waals surface area contributed by atoms with Gasteiger partial charge in [0.1, 0.15) is 5.78 Å². The number of carbonyl (C=O) groups excluding carboxylic acids is 1. The minimum atomic E-state index is 0.284. The van der Waals surface area contributed by atoms with Crippen LogP contribution in [0.5, 0.6) is 0 Å². The lowest BCUT2D eigenvalue weighted by atomic mass is 9.96. The van der Waals surface area contributed by atoms with Gasteiger partial charge in [-0.3, -0.25) is 9.69 Å². The van der Waals surface area contributed by atoms with Crippen molar-refractivity contribution < 1.29 is 9.53 Å². The van der Waals surface area contributed by atoms with Crippen molar-refractivity contribution >= 4 is 5.78 Å². The Kier molecular flexibility index (Phi) is 9.94. The monoisotopic (exact) mass is 354 g/mol. The van der Waals surface area contributed by atoms with Crippen LogP contribution in [0.1, 0.15) is 26.7 Å².